The lowest BCUT2D eigenvalue weighted by molar-refractivity contribution is -0.120. The average molecular weight is 308 g/mol. The van der Waals surface area contributed by atoms with Crippen LogP contribution in [0.1, 0.15) is 23.2 Å². The van der Waals surface area contributed by atoms with Crippen LogP contribution in [0.25, 0.3) is 0 Å². The summed E-state index contributed by atoms with van der Waals surface area (Å²) in [5.41, 5.74) is 1.13. The van der Waals surface area contributed by atoms with Gasteiger partial charge in [0.2, 0.25) is 5.91 Å². The SMILES string of the molecule is O=Cc1cccc(N2CCN([S+](=O)([O-])C3CC3)CC2=O)c1. The monoisotopic (exact) mass is 308 g/mol. The van der Waals surface area contributed by atoms with Gasteiger partial charge in [-0.15, -0.1) is 4.31 Å². The lowest BCUT2D eigenvalue weighted by Crippen LogP contribution is -2.55. The Morgan fingerprint density at radius 1 is 1.29 bits per heavy atom. The van der Waals surface area contributed by atoms with Gasteiger partial charge in [0.1, 0.15) is 28.5 Å². The first-order valence-electron chi connectivity index (χ1n) is 6.87. The lowest BCUT2D eigenvalue weighted by Gasteiger charge is -2.35. The van der Waals surface area contributed by atoms with Crippen molar-refractivity contribution in [1.29, 1.82) is 0 Å². The number of hydrogen-bond donors (Lipinski definition) is 0. The van der Waals surface area contributed by atoms with Crippen LogP contribution in [-0.2, 0) is 19.4 Å². The van der Waals surface area contributed by atoms with Gasteiger partial charge in [-0.1, -0.05) is 16.3 Å². The molecule has 1 saturated carbocycles. The summed E-state index contributed by atoms with van der Waals surface area (Å²) in [7, 11) is -3.31. The Kier molecular flexibility index (Phi) is 3.64. The maximum atomic E-state index is 12.2. The van der Waals surface area contributed by atoms with Crippen LogP contribution in [0.2, 0.25) is 0 Å². The molecule has 0 bridgehead atoms. The molecule has 3 rings (SSSR count). The molecule has 1 aliphatic carbocycles. The van der Waals surface area contributed by atoms with Crippen LogP contribution in [-0.4, -0.2) is 45.9 Å². The Labute approximate surface area is 124 Å². The number of carbonyl (C=O) groups is 2. The van der Waals surface area contributed by atoms with E-state index in [2.05, 4.69) is 0 Å². The summed E-state index contributed by atoms with van der Waals surface area (Å²) >= 11 is 0. The highest BCUT2D eigenvalue weighted by atomic mass is 32.3. The molecule has 1 heterocycles. The molecule has 1 atom stereocenters. The molecule has 0 aromatic heterocycles. The molecule has 6 nitrogen and oxygen atoms in total. The van der Waals surface area contributed by atoms with Gasteiger partial charge in [-0.05, 0) is 12.1 Å². The Morgan fingerprint density at radius 2 is 2.05 bits per heavy atom. The molecule has 0 N–H and O–H groups in total. The van der Waals surface area contributed by atoms with Crippen molar-refractivity contribution in [1.82, 2.24) is 4.31 Å². The summed E-state index contributed by atoms with van der Waals surface area (Å²) in [6, 6.07) is 6.75. The molecule has 1 aliphatic heterocycles. The van der Waals surface area contributed by atoms with Crippen LogP contribution < -0.4 is 4.90 Å². The van der Waals surface area contributed by atoms with Gasteiger partial charge < -0.3 is 9.45 Å². The van der Waals surface area contributed by atoms with Crippen molar-refractivity contribution in [2.75, 3.05) is 24.5 Å². The maximum Gasteiger partial charge on any atom is 0.245 e. The van der Waals surface area contributed by atoms with Gasteiger partial charge in [-0.25, -0.2) is 0 Å². The van der Waals surface area contributed by atoms with Crippen molar-refractivity contribution >= 4 is 28.3 Å². The van der Waals surface area contributed by atoms with E-state index in [0.29, 0.717) is 37.2 Å². The van der Waals surface area contributed by atoms with Crippen molar-refractivity contribution in [3.05, 3.63) is 29.8 Å². The molecule has 7 heteroatoms. The molecule has 112 valence electrons. The summed E-state index contributed by atoms with van der Waals surface area (Å²) in [6.07, 6.45) is 2.11. The number of benzene rings is 1. The average Bonchev–Trinajstić information content (AvgIpc) is 3.32. The third kappa shape index (κ3) is 2.76. The summed E-state index contributed by atoms with van der Waals surface area (Å²) in [4.78, 5) is 24.6. The standard InChI is InChI=1S/C14H16N2O4S/c17-10-11-2-1-3-12(8-11)16-7-6-15(9-14(16)18)21(19,20)13-4-5-13/h1-3,8,10,13H,4-7,9H2. The number of anilines is 1. The minimum absolute atomic E-state index is 0.121. The number of aldehydes is 1. The molecule has 0 radical (unpaired) electrons. The van der Waals surface area contributed by atoms with Crippen LogP contribution in [0, 0.1) is 0 Å². The van der Waals surface area contributed by atoms with E-state index in [9.17, 15) is 18.4 Å². The second kappa shape index (κ2) is 5.32. The van der Waals surface area contributed by atoms with Crippen molar-refractivity contribution in [3.8, 4) is 0 Å². The first kappa shape index (κ1) is 14.4. The number of hydrogen-bond acceptors (Lipinski definition) is 4. The maximum absolute atomic E-state index is 12.2. The number of sulfonamides is 1. The highest BCUT2D eigenvalue weighted by molar-refractivity contribution is 7.96. The number of rotatable bonds is 4. The van der Waals surface area contributed by atoms with E-state index in [-0.39, 0.29) is 17.7 Å². The minimum Gasteiger partial charge on any atom is -0.597 e. The highest BCUT2D eigenvalue weighted by Crippen LogP contribution is 2.35. The largest absolute Gasteiger partial charge is 0.597 e. The molecule has 1 unspecified atom stereocenters. The normalized spacial score (nSPS) is 22.9. The van der Waals surface area contributed by atoms with Gasteiger partial charge in [-0.2, -0.15) is 0 Å². The number of piperazine rings is 1. The fraction of sp³-hybridized carbons (Fsp3) is 0.429. The fourth-order valence-electron chi connectivity index (χ4n) is 2.48. The minimum atomic E-state index is -3.31. The molecule has 2 fully saturated rings. The Bertz CT molecular complexity index is 629. The summed E-state index contributed by atoms with van der Waals surface area (Å²) in [6.45, 7) is 0.493. The molecule has 0 spiro atoms. The highest BCUT2D eigenvalue weighted by Gasteiger charge is 2.47. The fourth-order valence-corrected chi connectivity index (χ4v) is 4.26. The molecule has 1 saturated heterocycles. The zero-order valence-corrected chi connectivity index (χ0v) is 12.3. The molecule has 1 aromatic rings. The van der Waals surface area contributed by atoms with Crippen LogP contribution in [0.3, 0.4) is 0 Å². The lowest BCUT2D eigenvalue weighted by atomic mass is 10.2. The van der Waals surface area contributed by atoms with Gasteiger partial charge in [0.05, 0.1) is 6.54 Å². The zero-order chi connectivity index (χ0) is 15.0. The molecular formula is C14H16N2O4S. The molecule has 1 amide bonds. The van der Waals surface area contributed by atoms with Crippen molar-refractivity contribution in [2.45, 2.75) is 18.1 Å². The van der Waals surface area contributed by atoms with Gasteiger partial charge in [-0.3, -0.25) is 9.59 Å². The van der Waals surface area contributed by atoms with Gasteiger partial charge >= 0.3 is 0 Å². The third-order valence-electron chi connectivity index (χ3n) is 3.81. The van der Waals surface area contributed by atoms with Crippen LogP contribution in [0.5, 0.6) is 0 Å². The van der Waals surface area contributed by atoms with Crippen LogP contribution in [0.4, 0.5) is 5.69 Å². The van der Waals surface area contributed by atoms with Gasteiger partial charge in [0, 0.05) is 30.6 Å². The summed E-state index contributed by atoms with van der Waals surface area (Å²) in [5.74, 6) is -0.256. The topological polar surface area (TPSA) is 80.8 Å². The second-order valence-corrected chi connectivity index (χ2v) is 7.55. The van der Waals surface area contributed by atoms with Crippen molar-refractivity contribution < 1.29 is 18.4 Å². The molecular weight excluding hydrogens is 292 g/mol. The molecule has 21 heavy (non-hydrogen) atoms. The smallest absolute Gasteiger partial charge is 0.245 e. The van der Waals surface area contributed by atoms with E-state index in [4.69, 9.17) is 0 Å². The number of amides is 1. The predicted molar refractivity (Wildman–Crippen MR) is 77.6 cm³/mol. The Balaban J connectivity index is 1.75. The van der Waals surface area contributed by atoms with E-state index in [1.165, 1.54) is 9.21 Å². The van der Waals surface area contributed by atoms with Crippen LogP contribution >= 0.6 is 0 Å². The van der Waals surface area contributed by atoms with E-state index < -0.39 is 10.4 Å². The van der Waals surface area contributed by atoms with E-state index in [1.54, 1.807) is 24.3 Å². The molecule has 2 aliphatic rings. The van der Waals surface area contributed by atoms with Crippen molar-refractivity contribution in [3.63, 3.8) is 0 Å². The number of carbonyl (C=O) groups excluding carboxylic acids is 2. The first-order valence-corrected chi connectivity index (χ1v) is 8.37. The summed E-state index contributed by atoms with van der Waals surface area (Å²) < 4.78 is 25.6. The Hall–Kier alpha value is -1.57. The Morgan fingerprint density at radius 3 is 2.67 bits per heavy atom. The van der Waals surface area contributed by atoms with E-state index in [1.807, 2.05) is 0 Å². The quantitative estimate of drug-likeness (QED) is 0.610. The zero-order valence-electron chi connectivity index (χ0n) is 11.4. The van der Waals surface area contributed by atoms with Crippen LogP contribution in [0.15, 0.2) is 24.3 Å². The van der Waals surface area contributed by atoms with Crippen molar-refractivity contribution in [2.24, 2.45) is 0 Å². The van der Waals surface area contributed by atoms with Gasteiger partial charge in [0.25, 0.3) is 0 Å². The third-order valence-corrected chi connectivity index (χ3v) is 6.15. The number of nitrogens with zero attached hydrogens (tertiary/aromatic N) is 2. The van der Waals surface area contributed by atoms with E-state index >= 15 is 0 Å². The van der Waals surface area contributed by atoms with E-state index in [0.717, 1.165) is 6.29 Å². The first-order chi connectivity index (χ1) is 10.0. The molecule has 1 aromatic carbocycles. The summed E-state index contributed by atoms with van der Waals surface area (Å²) in [5, 5.41) is -0.296. The predicted octanol–water partition coefficient (Wildman–Crippen LogP) is 0.855. The second-order valence-electron chi connectivity index (χ2n) is 5.34. The van der Waals surface area contributed by atoms with Gasteiger partial charge in [0.15, 0.2) is 0 Å².